The first kappa shape index (κ1) is 32.8. The molecule has 0 radical (unpaired) electrons. The van der Waals surface area contributed by atoms with Gasteiger partial charge in [0.05, 0.1) is 0 Å². The third-order valence-corrected chi connectivity index (χ3v) is 5.30. The third-order valence-electron chi connectivity index (χ3n) is 5.30. The van der Waals surface area contributed by atoms with Crippen LogP contribution in [-0.2, 0) is 19.2 Å². The van der Waals surface area contributed by atoms with Crippen LogP contribution in [0.4, 0.5) is 0 Å². The molecule has 32 heavy (non-hydrogen) atoms. The van der Waals surface area contributed by atoms with Crippen LogP contribution in [0.25, 0.3) is 0 Å². The second kappa shape index (κ2) is 16.2. The smallest absolute Gasteiger partial charge is 0.141 e. The van der Waals surface area contributed by atoms with Crippen molar-refractivity contribution in [2.45, 2.75) is 107 Å². The molecule has 2 atom stereocenters. The molecule has 0 aromatic rings. The van der Waals surface area contributed by atoms with Crippen molar-refractivity contribution >= 4 is 23.1 Å². The second-order valence-electron chi connectivity index (χ2n) is 11.0. The number of rotatable bonds is 14. The lowest BCUT2D eigenvalue weighted by atomic mass is 9.79. The van der Waals surface area contributed by atoms with Crippen molar-refractivity contribution < 1.29 is 19.2 Å². The number of hydrogen-bond acceptors (Lipinski definition) is 6. The Hall–Kier alpha value is -1.40. The Balaban J connectivity index is 0. The van der Waals surface area contributed by atoms with Crippen molar-refractivity contribution in [2.24, 2.45) is 34.1 Å². The van der Waals surface area contributed by atoms with Gasteiger partial charge in [0.1, 0.15) is 23.1 Å². The summed E-state index contributed by atoms with van der Waals surface area (Å²) in [7, 11) is 0. The zero-order chi connectivity index (χ0) is 25.5. The molecule has 0 aromatic heterocycles. The largest absolute Gasteiger partial charge is 0.330 e. The second-order valence-corrected chi connectivity index (χ2v) is 11.0. The van der Waals surface area contributed by atoms with Crippen LogP contribution in [0.3, 0.4) is 0 Å². The molecule has 0 aliphatic heterocycles. The lowest BCUT2D eigenvalue weighted by molar-refractivity contribution is -0.133. The van der Waals surface area contributed by atoms with Crippen LogP contribution in [0.1, 0.15) is 107 Å². The van der Waals surface area contributed by atoms with Crippen molar-refractivity contribution in [3.63, 3.8) is 0 Å². The zero-order valence-electron chi connectivity index (χ0n) is 22.0. The molecule has 0 amide bonds. The highest BCUT2D eigenvalue weighted by Gasteiger charge is 2.30. The maximum atomic E-state index is 12.1. The lowest BCUT2D eigenvalue weighted by Gasteiger charge is -2.24. The Kier molecular flexibility index (Phi) is 16.6. The summed E-state index contributed by atoms with van der Waals surface area (Å²) in [5.74, 6) is 0.332. The molecule has 0 spiro atoms. The Bertz CT molecular complexity index is 534. The summed E-state index contributed by atoms with van der Waals surface area (Å²) in [6.07, 6.45) is 6.02. The molecule has 0 unspecified atom stereocenters. The van der Waals surface area contributed by atoms with E-state index in [-0.39, 0.29) is 45.8 Å². The van der Waals surface area contributed by atoms with Gasteiger partial charge in [-0.05, 0) is 52.6 Å². The fourth-order valence-electron chi connectivity index (χ4n) is 3.64. The quantitative estimate of drug-likeness (QED) is 0.368. The average molecular weight is 455 g/mol. The SMILES string of the molecule is CC(=O)C[C@@H](CCCCN)C(=O)C(C)(C)C.CC(=O)C[C@H](CCCCN)C(=O)C(C)(C)C. The van der Waals surface area contributed by atoms with E-state index in [9.17, 15) is 19.2 Å². The number of ketones is 4. The van der Waals surface area contributed by atoms with Gasteiger partial charge < -0.3 is 21.1 Å². The van der Waals surface area contributed by atoms with Gasteiger partial charge >= 0.3 is 0 Å². The van der Waals surface area contributed by atoms with Crippen molar-refractivity contribution in [1.82, 2.24) is 0 Å². The maximum Gasteiger partial charge on any atom is 0.141 e. The first-order chi connectivity index (χ1) is 14.6. The minimum Gasteiger partial charge on any atom is -0.330 e. The van der Waals surface area contributed by atoms with E-state index in [1.807, 2.05) is 41.5 Å². The summed E-state index contributed by atoms with van der Waals surface area (Å²) in [6.45, 7) is 15.8. The molecule has 0 aliphatic carbocycles. The average Bonchev–Trinajstić information content (AvgIpc) is 2.64. The molecule has 4 N–H and O–H groups in total. The number of carbonyl (C=O) groups excluding carboxylic acids is 4. The Morgan fingerprint density at radius 3 is 1.06 bits per heavy atom. The molecule has 0 aromatic carbocycles. The highest BCUT2D eigenvalue weighted by Crippen LogP contribution is 2.27. The topological polar surface area (TPSA) is 120 Å². The molecule has 0 heterocycles. The highest BCUT2D eigenvalue weighted by atomic mass is 16.1. The van der Waals surface area contributed by atoms with Crippen LogP contribution in [0.5, 0.6) is 0 Å². The predicted octanol–water partition coefficient (Wildman–Crippen LogP) is 4.65. The fraction of sp³-hybridized carbons (Fsp3) is 0.846. The first-order valence-corrected chi connectivity index (χ1v) is 12.1. The molecule has 0 bridgehead atoms. The van der Waals surface area contributed by atoms with Crippen molar-refractivity contribution in [2.75, 3.05) is 13.1 Å². The van der Waals surface area contributed by atoms with Gasteiger partial charge in [-0.25, -0.2) is 0 Å². The van der Waals surface area contributed by atoms with E-state index in [0.717, 1.165) is 38.5 Å². The summed E-state index contributed by atoms with van der Waals surface area (Å²) in [6, 6.07) is 0. The molecule has 6 nitrogen and oxygen atoms in total. The van der Waals surface area contributed by atoms with Gasteiger partial charge in [0.2, 0.25) is 0 Å². The Morgan fingerprint density at radius 2 is 0.875 bits per heavy atom. The molecule has 6 heteroatoms. The third kappa shape index (κ3) is 16.3. The van der Waals surface area contributed by atoms with Crippen LogP contribution >= 0.6 is 0 Å². The molecule has 0 aliphatic rings. The van der Waals surface area contributed by atoms with Gasteiger partial charge in [-0.3, -0.25) is 9.59 Å². The van der Waals surface area contributed by atoms with E-state index in [1.165, 1.54) is 0 Å². The minimum atomic E-state index is -0.358. The summed E-state index contributed by atoms with van der Waals surface area (Å²) in [5, 5.41) is 0. The van der Waals surface area contributed by atoms with Crippen LogP contribution in [0.2, 0.25) is 0 Å². The molecule has 0 fully saturated rings. The zero-order valence-corrected chi connectivity index (χ0v) is 22.0. The van der Waals surface area contributed by atoms with Crippen molar-refractivity contribution in [3.8, 4) is 0 Å². The van der Waals surface area contributed by atoms with E-state index >= 15 is 0 Å². The standard InChI is InChI=1S/2C13H25NO2/c2*1-10(15)9-11(7-5-6-8-14)12(16)13(2,3)4/h2*11H,5-9,14H2,1-4H3/t2*11-/m10/s1. The van der Waals surface area contributed by atoms with E-state index in [2.05, 4.69) is 0 Å². The van der Waals surface area contributed by atoms with Gasteiger partial charge in [-0.15, -0.1) is 0 Å². The highest BCUT2D eigenvalue weighted by molar-refractivity contribution is 5.90. The van der Waals surface area contributed by atoms with E-state index < -0.39 is 0 Å². The first-order valence-electron chi connectivity index (χ1n) is 12.1. The van der Waals surface area contributed by atoms with Crippen LogP contribution < -0.4 is 11.5 Å². The maximum absolute atomic E-state index is 12.1. The number of hydrogen-bond donors (Lipinski definition) is 2. The van der Waals surface area contributed by atoms with Gasteiger partial charge in [-0.2, -0.15) is 0 Å². The van der Waals surface area contributed by atoms with Gasteiger partial charge in [0.15, 0.2) is 0 Å². The molecule has 0 saturated heterocycles. The minimum absolute atomic E-state index is 0.0929. The number of nitrogens with two attached hydrogens (primary N) is 2. The van der Waals surface area contributed by atoms with Gasteiger partial charge in [0.25, 0.3) is 0 Å². The molecular weight excluding hydrogens is 404 g/mol. The van der Waals surface area contributed by atoms with Crippen molar-refractivity contribution in [1.29, 1.82) is 0 Å². The van der Waals surface area contributed by atoms with E-state index in [1.54, 1.807) is 13.8 Å². The Labute approximate surface area is 196 Å². The summed E-state index contributed by atoms with van der Waals surface area (Å²) in [5.41, 5.74) is 10.1. The van der Waals surface area contributed by atoms with Crippen LogP contribution in [0, 0.1) is 22.7 Å². The Morgan fingerprint density at radius 1 is 0.594 bits per heavy atom. The fourth-order valence-corrected chi connectivity index (χ4v) is 3.64. The molecular formula is C26H50N2O4. The normalized spacial score (nSPS) is 13.6. The van der Waals surface area contributed by atoms with Crippen LogP contribution in [0.15, 0.2) is 0 Å². The monoisotopic (exact) mass is 454 g/mol. The van der Waals surface area contributed by atoms with E-state index in [4.69, 9.17) is 11.5 Å². The number of unbranched alkanes of at least 4 members (excludes halogenated alkanes) is 2. The summed E-state index contributed by atoms with van der Waals surface area (Å²) < 4.78 is 0. The van der Waals surface area contributed by atoms with Crippen molar-refractivity contribution in [3.05, 3.63) is 0 Å². The van der Waals surface area contributed by atoms with E-state index in [0.29, 0.717) is 25.9 Å². The summed E-state index contributed by atoms with van der Waals surface area (Å²) in [4.78, 5) is 46.5. The van der Waals surface area contributed by atoms with Gasteiger partial charge in [-0.1, -0.05) is 54.4 Å². The lowest BCUT2D eigenvalue weighted by Crippen LogP contribution is -2.29. The predicted molar refractivity (Wildman–Crippen MR) is 132 cm³/mol. The molecule has 0 rings (SSSR count). The van der Waals surface area contributed by atoms with Crippen LogP contribution in [-0.4, -0.2) is 36.2 Å². The molecule has 188 valence electrons. The number of Topliss-reactive ketones (excluding diaryl/α,β-unsaturated/α-hetero) is 4. The van der Waals surface area contributed by atoms with Gasteiger partial charge in [0, 0.05) is 35.5 Å². The number of carbonyl (C=O) groups is 4. The molecule has 0 saturated carbocycles. The summed E-state index contributed by atoms with van der Waals surface area (Å²) >= 11 is 0.